The molecule has 6 heteroatoms. The molecule has 0 spiro atoms. The molecule has 2 atom stereocenters. The van der Waals surface area contributed by atoms with Gasteiger partial charge in [-0.15, -0.1) is 0 Å². The molecule has 25 heavy (non-hydrogen) atoms. The fraction of sp³-hybridized carbons (Fsp3) is 0.526. The van der Waals surface area contributed by atoms with E-state index < -0.39 is 12.0 Å². The van der Waals surface area contributed by atoms with Gasteiger partial charge in [0.15, 0.2) is 0 Å². The number of hydrogen-bond donors (Lipinski definition) is 2. The molecule has 0 bridgehead atoms. The summed E-state index contributed by atoms with van der Waals surface area (Å²) < 4.78 is 10.4. The van der Waals surface area contributed by atoms with Gasteiger partial charge < -0.3 is 24.5 Å². The quantitative estimate of drug-likeness (QED) is 0.782. The molecule has 6 nitrogen and oxygen atoms in total. The van der Waals surface area contributed by atoms with Gasteiger partial charge in [-0.25, -0.2) is 0 Å². The van der Waals surface area contributed by atoms with Crippen LogP contribution >= 0.6 is 0 Å². The number of carbonyl (C=O) groups is 1. The highest BCUT2D eigenvalue weighted by molar-refractivity contribution is 5.84. The van der Waals surface area contributed by atoms with Crippen molar-refractivity contribution in [1.29, 1.82) is 0 Å². The van der Waals surface area contributed by atoms with E-state index in [1.165, 1.54) is 10.9 Å². The van der Waals surface area contributed by atoms with Crippen molar-refractivity contribution < 1.29 is 19.4 Å². The van der Waals surface area contributed by atoms with Gasteiger partial charge in [0.25, 0.3) is 0 Å². The van der Waals surface area contributed by atoms with E-state index >= 15 is 0 Å². The van der Waals surface area contributed by atoms with Gasteiger partial charge in [0.2, 0.25) is 0 Å². The molecule has 0 amide bonds. The molecule has 1 aliphatic heterocycles. The normalized spacial score (nSPS) is 21.4. The van der Waals surface area contributed by atoms with Crippen molar-refractivity contribution in [2.45, 2.75) is 25.9 Å². The van der Waals surface area contributed by atoms with E-state index in [0.717, 1.165) is 30.8 Å². The van der Waals surface area contributed by atoms with Gasteiger partial charge in [-0.05, 0) is 43.5 Å². The number of benzene rings is 1. The van der Waals surface area contributed by atoms with E-state index in [1.54, 1.807) is 14.0 Å². The minimum absolute atomic E-state index is 0.295. The van der Waals surface area contributed by atoms with Crippen LogP contribution in [0.4, 0.5) is 0 Å². The minimum atomic E-state index is -0.604. The number of ether oxygens (including phenoxy) is 2. The molecule has 1 aromatic carbocycles. The summed E-state index contributed by atoms with van der Waals surface area (Å²) >= 11 is 0. The molecular weight excluding hydrogens is 320 g/mol. The summed E-state index contributed by atoms with van der Waals surface area (Å²) in [6, 6.07) is 6.01. The van der Waals surface area contributed by atoms with E-state index in [1.807, 2.05) is 24.4 Å². The molecule has 2 N–H and O–H groups in total. The molecule has 1 saturated heterocycles. The van der Waals surface area contributed by atoms with Crippen LogP contribution in [0.3, 0.4) is 0 Å². The maximum absolute atomic E-state index is 12.0. The lowest BCUT2D eigenvalue weighted by Crippen LogP contribution is -2.47. The molecule has 136 valence electrons. The number of aromatic amines is 1. The zero-order chi connectivity index (χ0) is 17.8. The Morgan fingerprint density at radius 1 is 1.44 bits per heavy atom. The summed E-state index contributed by atoms with van der Waals surface area (Å²) in [6.07, 6.45) is 2.91. The largest absolute Gasteiger partial charge is 0.497 e. The van der Waals surface area contributed by atoms with Crippen molar-refractivity contribution in [2.75, 3.05) is 33.4 Å². The van der Waals surface area contributed by atoms with Crippen molar-refractivity contribution in [2.24, 2.45) is 5.92 Å². The Morgan fingerprint density at radius 3 is 3.04 bits per heavy atom. The van der Waals surface area contributed by atoms with Gasteiger partial charge >= 0.3 is 5.97 Å². The van der Waals surface area contributed by atoms with Gasteiger partial charge in [0, 0.05) is 36.7 Å². The third kappa shape index (κ3) is 3.96. The maximum Gasteiger partial charge on any atom is 0.312 e. The number of rotatable bonds is 6. The van der Waals surface area contributed by atoms with E-state index in [9.17, 15) is 9.90 Å². The zero-order valence-electron chi connectivity index (χ0n) is 14.8. The fourth-order valence-corrected chi connectivity index (χ4v) is 3.46. The number of nitrogens with zero attached hydrogens (tertiary/aromatic N) is 1. The smallest absolute Gasteiger partial charge is 0.312 e. The third-order valence-electron chi connectivity index (χ3n) is 4.92. The van der Waals surface area contributed by atoms with Crippen LogP contribution in [-0.2, 0) is 16.0 Å². The summed E-state index contributed by atoms with van der Waals surface area (Å²) in [4.78, 5) is 17.5. The summed E-state index contributed by atoms with van der Waals surface area (Å²) in [7, 11) is 1.67. The molecule has 0 unspecified atom stereocenters. The zero-order valence-corrected chi connectivity index (χ0v) is 14.8. The van der Waals surface area contributed by atoms with Crippen LogP contribution in [0.1, 0.15) is 18.9 Å². The monoisotopic (exact) mass is 346 g/mol. The Balaban J connectivity index is 1.64. The SMILES string of the molecule is CCOC(=O)[C@@H]1CN(CCc2c[nH]c3ccc(OC)cc23)CC[C@H]1O. The average Bonchev–Trinajstić information content (AvgIpc) is 3.03. The van der Waals surface area contributed by atoms with Crippen molar-refractivity contribution in [3.8, 4) is 5.75 Å². The number of aliphatic hydroxyl groups excluding tert-OH is 1. The molecule has 0 aliphatic carbocycles. The lowest BCUT2D eigenvalue weighted by atomic mass is 9.94. The molecule has 1 aliphatic rings. The second kappa shape index (κ2) is 7.89. The Labute approximate surface area is 147 Å². The van der Waals surface area contributed by atoms with Crippen molar-refractivity contribution >= 4 is 16.9 Å². The highest BCUT2D eigenvalue weighted by atomic mass is 16.5. The number of piperidine rings is 1. The first-order valence-electron chi connectivity index (χ1n) is 8.83. The van der Waals surface area contributed by atoms with Crippen LogP contribution in [0.15, 0.2) is 24.4 Å². The van der Waals surface area contributed by atoms with Gasteiger partial charge in [-0.2, -0.15) is 0 Å². The van der Waals surface area contributed by atoms with Crippen LogP contribution in [-0.4, -0.2) is 60.4 Å². The maximum atomic E-state index is 12.0. The number of esters is 1. The van der Waals surface area contributed by atoms with Gasteiger partial charge in [0.05, 0.1) is 25.7 Å². The molecule has 3 rings (SSSR count). The number of nitrogens with one attached hydrogen (secondary N) is 1. The number of aliphatic hydroxyl groups is 1. The molecular formula is C19H26N2O4. The topological polar surface area (TPSA) is 74.8 Å². The molecule has 1 aromatic heterocycles. The van der Waals surface area contributed by atoms with E-state index in [-0.39, 0.29) is 5.97 Å². The summed E-state index contributed by atoms with van der Waals surface area (Å²) in [5, 5.41) is 11.3. The first-order chi connectivity index (χ1) is 12.1. The second-order valence-corrected chi connectivity index (χ2v) is 6.49. The molecule has 2 heterocycles. The molecule has 1 fully saturated rings. The Morgan fingerprint density at radius 2 is 2.28 bits per heavy atom. The van der Waals surface area contributed by atoms with Crippen LogP contribution < -0.4 is 4.74 Å². The highest BCUT2D eigenvalue weighted by Gasteiger charge is 2.34. The summed E-state index contributed by atoms with van der Waals surface area (Å²) in [5.41, 5.74) is 2.32. The number of hydrogen-bond acceptors (Lipinski definition) is 5. The Kier molecular flexibility index (Phi) is 5.60. The van der Waals surface area contributed by atoms with Crippen molar-refractivity contribution in [3.05, 3.63) is 30.0 Å². The number of fused-ring (bicyclic) bond motifs is 1. The van der Waals surface area contributed by atoms with Crippen LogP contribution in [0.5, 0.6) is 5.75 Å². The number of likely N-dealkylation sites (tertiary alicyclic amines) is 1. The molecule has 2 aromatic rings. The van der Waals surface area contributed by atoms with Gasteiger partial charge in [-0.3, -0.25) is 4.79 Å². The lowest BCUT2D eigenvalue weighted by molar-refractivity contribution is -0.155. The predicted octanol–water partition coefficient (Wildman–Crippen LogP) is 1.96. The standard InChI is InChI=1S/C19H26N2O4/c1-3-25-19(23)16-12-21(9-7-18(16)22)8-6-13-11-20-17-5-4-14(24-2)10-15(13)17/h4-5,10-11,16,18,20,22H,3,6-9,12H2,1-2H3/t16-,18-/m1/s1. The van der Waals surface area contributed by atoms with Crippen LogP contribution in [0.25, 0.3) is 10.9 Å². The van der Waals surface area contributed by atoms with Gasteiger partial charge in [-0.1, -0.05) is 0 Å². The summed E-state index contributed by atoms with van der Waals surface area (Å²) in [6.45, 7) is 4.32. The lowest BCUT2D eigenvalue weighted by Gasteiger charge is -2.34. The number of aromatic nitrogens is 1. The van der Waals surface area contributed by atoms with E-state index in [0.29, 0.717) is 19.6 Å². The van der Waals surface area contributed by atoms with E-state index in [2.05, 4.69) is 9.88 Å². The summed E-state index contributed by atoms with van der Waals surface area (Å²) in [5.74, 6) is 0.102. The first kappa shape index (κ1) is 17.8. The fourth-order valence-electron chi connectivity index (χ4n) is 3.46. The van der Waals surface area contributed by atoms with Gasteiger partial charge in [0.1, 0.15) is 5.75 Å². The molecule has 0 radical (unpaired) electrons. The number of methoxy groups -OCH3 is 1. The first-order valence-corrected chi connectivity index (χ1v) is 8.83. The Hall–Kier alpha value is -2.05. The predicted molar refractivity (Wildman–Crippen MR) is 95.7 cm³/mol. The highest BCUT2D eigenvalue weighted by Crippen LogP contribution is 2.25. The third-order valence-corrected chi connectivity index (χ3v) is 4.92. The molecule has 0 saturated carbocycles. The average molecular weight is 346 g/mol. The van der Waals surface area contributed by atoms with Crippen LogP contribution in [0, 0.1) is 5.92 Å². The van der Waals surface area contributed by atoms with Crippen molar-refractivity contribution in [3.63, 3.8) is 0 Å². The number of H-pyrrole nitrogens is 1. The number of carbonyl (C=O) groups excluding carboxylic acids is 1. The van der Waals surface area contributed by atoms with E-state index in [4.69, 9.17) is 9.47 Å². The Bertz CT molecular complexity index is 727. The minimum Gasteiger partial charge on any atom is -0.497 e. The van der Waals surface area contributed by atoms with Crippen LogP contribution in [0.2, 0.25) is 0 Å². The second-order valence-electron chi connectivity index (χ2n) is 6.49. The van der Waals surface area contributed by atoms with Crippen molar-refractivity contribution in [1.82, 2.24) is 9.88 Å².